The average molecular weight is 425 g/mol. The summed E-state index contributed by atoms with van der Waals surface area (Å²) in [5, 5.41) is 15.0. The highest BCUT2D eigenvalue weighted by atomic mass is 19.2. The van der Waals surface area contributed by atoms with Crippen molar-refractivity contribution in [3.8, 4) is 11.3 Å². The monoisotopic (exact) mass is 425 g/mol. The van der Waals surface area contributed by atoms with E-state index in [9.17, 15) is 18.4 Å². The lowest BCUT2D eigenvalue weighted by molar-refractivity contribution is -0.135. The lowest BCUT2D eigenvalue weighted by atomic mass is 10.0. The number of carboxylic acid groups (broad SMARTS) is 1. The highest BCUT2D eigenvalue weighted by Crippen LogP contribution is 2.29. The van der Waals surface area contributed by atoms with E-state index >= 15 is 0 Å². The molecule has 0 aliphatic carbocycles. The van der Waals surface area contributed by atoms with Gasteiger partial charge in [0.25, 0.3) is 0 Å². The van der Waals surface area contributed by atoms with E-state index in [0.717, 1.165) is 22.7 Å². The first-order chi connectivity index (χ1) is 14.2. The lowest BCUT2D eigenvalue weighted by Gasteiger charge is -2.14. The van der Waals surface area contributed by atoms with Crippen LogP contribution in [0.3, 0.4) is 0 Å². The first-order valence-electron chi connectivity index (χ1n) is 9.84. The number of rotatable bonds is 3. The lowest BCUT2D eigenvalue weighted by Crippen LogP contribution is -2.35. The number of aromatic nitrogens is 2. The van der Waals surface area contributed by atoms with Crippen LogP contribution in [0.1, 0.15) is 45.9 Å². The minimum absolute atomic E-state index is 0.176. The van der Waals surface area contributed by atoms with Crippen molar-refractivity contribution in [3.05, 3.63) is 41.1 Å². The van der Waals surface area contributed by atoms with Crippen molar-refractivity contribution in [1.29, 1.82) is 0 Å². The summed E-state index contributed by atoms with van der Waals surface area (Å²) in [5.41, 5.74) is 1.76. The van der Waals surface area contributed by atoms with Crippen LogP contribution in [0.15, 0.2) is 18.2 Å². The normalized spacial score (nSPS) is 12.1. The number of hydrogen-bond acceptors (Lipinski definition) is 4. The zero-order valence-electron chi connectivity index (χ0n) is 18.0. The Kier molecular flexibility index (Phi) is 10.1. The molecule has 0 saturated carbocycles. The van der Waals surface area contributed by atoms with Gasteiger partial charge < -0.3 is 15.2 Å². The molecule has 30 heavy (non-hydrogen) atoms. The standard InChI is InChI=1S/C15H13F2N3O4.C4H10.C2H6/c16-10-2-1-8(5-11(10)17)14-9-7-24-4-3-12(9)20(19-14)15(23)18-6-13(21)22;1-4(2)3;1-2/h1-2,5H,3-4,6-7H2,(H,18,23)(H,21,22);4H,1-3H3;1-2H3. The summed E-state index contributed by atoms with van der Waals surface area (Å²) in [7, 11) is 0. The maximum absolute atomic E-state index is 13.5. The third-order valence-electron chi connectivity index (χ3n) is 3.60. The molecule has 1 aromatic carbocycles. The van der Waals surface area contributed by atoms with E-state index in [0.29, 0.717) is 35.5 Å². The van der Waals surface area contributed by atoms with Crippen molar-refractivity contribution in [3.63, 3.8) is 0 Å². The second kappa shape index (κ2) is 12.0. The van der Waals surface area contributed by atoms with Gasteiger partial charge in [-0.25, -0.2) is 13.6 Å². The second-order valence-corrected chi connectivity index (χ2v) is 6.90. The molecule has 2 N–H and O–H groups in total. The summed E-state index contributed by atoms with van der Waals surface area (Å²) < 4.78 is 33.0. The molecule has 1 aliphatic rings. The zero-order chi connectivity index (χ0) is 22.8. The van der Waals surface area contributed by atoms with Crippen LogP contribution < -0.4 is 5.32 Å². The number of amides is 1. The molecule has 1 aliphatic heterocycles. The molecular formula is C21H29F2N3O4. The van der Waals surface area contributed by atoms with E-state index in [1.807, 2.05) is 13.8 Å². The Hall–Kier alpha value is -2.81. The van der Waals surface area contributed by atoms with Crippen LogP contribution in [0.5, 0.6) is 0 Å². The van der Waals surface area contributed by atoms with Crippen LogP contribution in [0.2, 0.25) is 0 Å². The quantitative estimate of drug-likeness (QED) is 0.768. The first kappa shape index (κ1) is 25.2. The number of aliphatic carboxylic acids is 1. The van der Waals surface area contributed by atoms with Crippen LogP contribution in [-0.4, -0.2) is 40.0 Å². The highest BCUT2D eigenvalue weighted by Gasteiger charge is 2.25. The van der Waals surface area contributed by atoms with Crippen molar-refractivity contribution < 1.29 is 28.2 Å². The molecule has 1 aromatic heterocycles. The van der Waals surface area contributed by atoms with Crippen molar-refractivity contribution in [2.45, 2.75) is 47.6 Å². The van der Waals surface area contributed by atoms with Gasteiger partial charge in [-0.3, -0.25) is 4.79 Å². The van der Waals surface area contributed by atoms with Gasteiger partial charge in [0.2, 0.25) is 0 Å². The maximum atomic E-state index is 13.5. The second-order valence-electron chi connectivity index (χ2n) is 6.90. The molecule has 0 atom stereocenters. The number of nitrogens with one attached hydrogen (secondary N) is 1. The molecule has 0 radical (unpaired) electrons. The minimum Gasteiger partial charge on any atom is -0.480 e. The summed E-state index contributed by atoms with van der Waals surface area (Å²) in [4.78, 5) is 22.7. The predicted octanol–water partition coefficient (Wildman–Crippen LogP) is 4.23. The molecule has 3 rings (SSSR count). The summed E-state index contributed by atoms with van der Waals surface area (Å²) in [5.74, 6) is -2.36. The van der Waals surface area contributed by atoms with Crippen molar-refractivity contribution in [2.75, 3.05) is 13.2 Å². The number of carbonyl (C=O) groups excluding carboxylic acids is 1. The molecule has 166 valence electrons. The smallest absolute Gasteiger partial charge is 0.342 e. The average Bonchev–Trinajstić information content (AvgIpc) is 3.09. The van der Waals surface area contributed by atoms with Crippen molar-refractivity contribution in [2.24, 2.45) is 5.92 Å². The Bertz CT molecular complexity index is 863. The fourth-order valence-electron chi connectivity index (χ4n) is 2.51. The van der Waals surface area contributed by atoms with Gasteiger partial charge in [0.15, 0.2) is 11.6 Å². The van der Waals surface area contributed by atoms with Crippen LogP contribution in [0.25, 0.3) is 11.3 Å². The molecule has 9 heteroatoms. The van der Waals surface area contributed by atoms with Crippen molar-refractivity contribution in [1.82, 2.24) is 15.1 Å². The van der Waals surface area contributed by atoms with Gasteiger partial charge in [0.1, 0.15) is 6.54 Å². The molecule has 7 nitrogen and oxygen atoms in total. The maximum Gasteiger partial charge on any atom is 0.342 e. The van der Waals surface area contributed by atoms with Crippen LogP contribution >= 0.6 is 0 Å². The summed E-state index contributed by atoms with van der Waals surface area (Å²) in [6.07, 6.45) is 0.395. The number of carboxylic acids is 1. The van der Waals surface area contributed by atoms with E-state index in [1.54, 1.807) is 0 Å². The molecule has 2 heterocycles. The van der Waals surface area contributed by atoms with Gasteiger partial charge in [0.05, 0.1) is 24.6 Å². The number of ether oxygens (including phenoxy) is 1. The van der Waals surface area contributed by atoms with Crippen LogP contribution in [0.4, 0.5) is 13.6 Å². The Morgan fingerprint density at radius 2 is 1.87 bits per heavy atom. The number of nitrogens with zero attached hydrogens (tertiary/aromatic N) is 2. The Labute approximate surface area is 175 Å². The summed E-state index contributed by atoms with van der Waals surface area (Å²) >= 11 is 0. The SMILES string of the molecule is CC.CC(C)C.O=C(O)CNC(=O)n1nc(-c2ccc(F)c(F)c2)c2c1CCOC2. The first-order valence-corrected chi connectivity index (χ1v) is 9.84. The van der Waals surface area contributed by atoms with E-state index in [2.05, 4.69) is 31.2 Å². The molecule has 1 amide bonds. The van der Waals surface area contributed by atoms with E-state index < -0.39 is 30.2 Å². The molecule has 0 unspecified atom stereocenters. The number of halogens is 2. The molecule has 0 saturated heterocycles. The Balaban J connectivity index is 0.000000673. The fourth-order valence-corrected chi connectivity index (χ4v) is 2.51. The highest BCUT2D eigenvalue weighted by molar-refractivity contribution is 5.82. The molecular weight excluding hydrogens is 396 g/mol. The van der Waals surface area contributed by atoms with E-state index in [1.165, 1.54) is 6.07 Å². The van der Waals surface area contributed by atoms with Crippen LogP contribution in [0, 0.1) is 17.6 Å². The molecule has 0 fully saturated rings. The number of benzene rings is 1. The van der Waals surface area contributed by atoms with Gasteiger partial charge in [-0.15, -0.1) is 0 Å². The summed E-state index contributed by atoms with van der Waals surface area (Å²) in [6, 6.07) is 2.62. The third kappa shape index (κ3) is 6.91. The minimum atomic E-state index is -1.19. The van der Waals surface area contributed by atoms with Gasteiger partial charge in [-0.1, -0.05) is 34.6 Å². The third-order valence-corrected chi connectivity index (χ3v) is 3.60. The largest absolute Gasteiger partial charge is 0.480 e. The van der Waals surface area contributed by atoms with E-state index in [4.69, 9.17) is 9.84 Å². The predicted molar refractivity (Wildman–Crippen MR) is 109 cm³/mol. The molecule has 0 bridgehead atoms. The van der Waals surface area contributed by atoms with Gasteiger partial charge in [-0.05, 0) is 24.1 Å². The molecule has 2 aromatic rings. The number of hydrogen-bond donors (Lipinski definition) is 2. The number of carbonyl (C=O) groups is 2. The zero-order valence-corrected chi connectivity index (χ0v) is 18.0. The number of fused-ring (bicyclic) bond motifs is 1. The Morgan fingerprint density at radius 1 is 1.23 bits per heavy atom. The van der Waals surface area contributed by atoms with Crippen molar-refractivity contribution >= 4 is 12.0 Å². The topological polar surface area (TPSA) is 93.5 Å². The Morgan fingerprint density at radius 3 is 2.43 bits per heavy atom. The van der Waals surface area contributed by atoms with E-state index in [-0.39, 0.29) is 6.61 Å². The van der Waals surface area contributed by atoms with Gasteiger partial charge >= 0.3 is 12.0 Å². The van der Waals surface area contributed by atoms with Gasteiger partial charge in [-0.2, -0.15) is 9.78 Å². The summed E-state index contributed by atoms with van der Waals surface area (Å²) in [6.45, 7) is 10.5. The molecule has 0 spiro atoms. The fraction of sp³-hybridized carbons (Fsp3) is 0.476. The van der Waals surface area contributed by atoms with Crippen LogP contribution in [-0.2, 0) is 22.6 Å². The van der Waals surface area contributed by atoms with Gasteiger partial charge in [0, 0.05) is 17.5 Å².